The number of nitrogens with zero attached hydrogens (tertiary/aromatic N) is 1. The third-order valence-corrected chi connectivity index (χ3v) is 6.08. The van der Waals surface area contributed by atoms with Crippen LogP contribution < -0.4 is 0 Å². The number of rotatable bonds is 6. The number of aliphatic imine (C=N–C) groups is 1. The molecule has 3 heteroatoms. The Balaban J connectivity index is 0.000000920. The summed E-state index contributed by atoms with van der Waals surface area (Å²) in [6, 6.07) is 0. The van der Waals surface area contributed by atoms with E-state index in [-0.39, 0.29) is 0 Å². The smallest absolute Gasteiger partial charge is 0.108 e. The summed E-state index contributed by atoms with van der Waals surface area (Å²) in [4.78, 5) is 5.69. The van der Waals surface area contributed by atoms with Crippen LogP contribution in [-0.4, -0.2) is 17.3 Å². The predicted molar refractivity (Wildman–Crippen MR) is 121 cm³/mol. The van der Waals surface area contributed by atoms with Crippen molar-refractivity contribution in [2.24, 2.45) is 10.9 Å². The first kappa shape index (κ1) is 24.9. The molecule has 1 heterocycles. The number of aliphatic hydroxyl groups is 1. The minimum atomic E-state index is 0.947. The third-order valence-electron chi connectivity index (χ3n) is 4.89. The summed E-state index contributed by atoms with van der Waals surface area (Å²) in [5, 5.41) is 8.09. The van der Waals surface area contributed by atoms with E-state index in [0.717, 1.165) is 18.1 Å². The van der Waals surface area contributed by atoms with Crippen molar-refractivity contribution in [3.63, 3.8) is 0 Å². The minimum absolute atomic E-state index is 0.947. The van der Waals surface area contributed by atoms with Gasteiger partial charge in [0.2, 0.25) is 0 Å². The van der Waals surface area contributed by atoms with Crippen LogP contribution in [0.1, 0.15) is 79.1 Å². The number of allylic oxidation sites excluding steroid dienone is 3. The van der Waals surface area contributed by atoms with Crippen molar-refractivity contribution in [3.05, 3.63) is 47.1 Å². The fourth-order valence-corrected chi connectivity index (χ4v) is 4.33. The van der Waals surface area contributed by atoms with Gasteiger partial charge in [0.15, 0.2) is 0 Å². The fraction of sp³-hybridized carbons (Fsp3) is 0.609. The minimum Gasteiger partial charge on any atom is -0.400 e. The molecule has 0 aromatic heterocycles. The molecule has 0 bridgehead atoms. The second kappa shape index (κ2) is 15.0. The lowest BCUT2D eigenvalue weighted by Crippen LogP contribution is -2.00. The molecule has 2 nitrogen and oxygen atoms in total. The topological polar surface area (TPSA) is 32.6 Å². The maximum Gasteiger partial charge on any atom is 0.108 e. The summed E-state index contributed by atoms with van der Waals surface area (Å²) < 4.78 is 0. The molecule has 0 atom stereocenters. The molecule has 0 spiro atoms. The molecule has 0 radical (unpaired) electrons. The Morgan fingerprint density at radius 1 is 1.19 bits per heavy atom. The van der Waals surface area contributed by atoms with Crippen LogP contribution in [0.25, 0.3) is 0 Å². The normalized spacial score (nSPS) is 20.3. The first-order valence-corrected chi connectivity index (χ1v) is 10.8. The van der Waals surface area contributed by atoms with Gasteiger partial charge in [0.1, 0.15) is 5.04 Å². The number of hydrogen-bond acceptors (Lipinski definition) is 3. The van der Waals surface area contributed by atoms with Crippen LogP contribution in [0.15, 0.2) is 52.1 Å². The zero-order valence-corrected chi connectivity index (χ0v) is 18.4. The van der Waals surface area contributed by atoms with Gasteiger partial charge in [-0.15, -0.1) is 0 Å². The third kappa shape index (κ3) is 8.09. The van der Waals surface area contributed by atoms with Crippen LogP contribution in [0, 0.1) is 5.92 Å². The van der Waals surface area contributed by atoms with E-state index in [4.69, 9.17) is 5.11 Å². The van der Waals surface area contributed by atoms with E-state index in [9.17, 15) is 0 Å². The summed E-state index contributed by atoms with van der Waals surface area (Å²) in [5.74, 6) is 0.947. The Hall–Kier alpha value is -1.06. The Morgan fingerprint density at radius 2 is 1.77 bits per heavy atom. The highest BCUT2D eigenvalue weighted by Crippen LogP contribution is 2.41. The van der Waals surface area contributed by atoms with Gasteiger partial charge in [-0.05, 0) is 38.2 Å². The van der Waals surface area contributed by atoms with Gasteiger partial charge in [0.05, 0.1) is 0 Å². The molecule has 2 aliphatic rings. The standard InChI is InChI=1S/C18H25NS.C4H10.CH4O/c1-5-16-14(4)17(18(20-16)19-6-2)13(3)11-12-15-9-7-8-10-15;1-3-4-2;1-2/h5-6,15H,1-2,7-12H2,3-4H3;3-4H2,1-2H3;2H,1H3/b17-13+,19-18?;;. The zero-order valence-electron chi connectivity index (χ0n) is 17.6. The molecular formula is C23H39NOS. The first-order chi connectivity index (χ1) is 12.6. The largest absolute Gasteiger partial charge is 0.400 e. The first-order valence-electron chi connectivity index (χ1n) is 9.93. The molecule has 1 aliphatic heterocycles. The van der Waals surface area contributed by atoms with Crippen molar-refractivity contribution >= 4 is 16.8 Å². The highest BCUT2D eigenvalue weighted by Gasteiger charge is 2.24. The van der Waals surface area contributed by atoms with Crippen LogP contribution in [0.4, 0.5) is 0 Å². The Bertz CT molecular complexity index is 520. The maximum atomic E-state index is 7.00. The molecule has 0 saturated heterocycles. The Morgan fingerprint density at radius 3 is 2.23 bits per heavy atom. The zero-order chi connectivity index (χ0) is 19.9. The van der Waals surface area contributed by atoms with Crippen molar-refractivity contribution in [1.82, 2.24) is 0 Å². The molecule has 0 unspecified atom stereocenters. The highest BCUT2D eigenvalue weighted by molar-refractivity contribution is 8.18. The molecule has 26 heavy (non-hydrogen) atoms. The van der Waals surface area contributed by atoms with Crippen molar-refractivity contribution < 1.29 is 5.11 Å². The SMILES string of the molecule is C=CN=C1SC(C=C)=C(C)/C1=C(/C)CCC1CCCC1.CCCC.CO. The molecule has 0 amide bonds. The second-order valence-electron chi connectivity index (χ2n) is 6.76. The van der Waals surface area contributed by atoms with E-state index in [1.165, 1.54) is 73.0 Å². The highest BCUT2D eigenvalue weighted by atomic mass is 32.2. The van der Waals surface area contributed by atoms with Crippen LogP contribution in [0.3, 0.4) is 0 Å². The van der Waals surface area contributed by atoms with Gasteiger partial charge in [0, 0.05) is 23.8 Å². The fourth-order valence-electron chi connectivity index (χ4n) is 3.23. The van der Waals surface area contributed by atoms with Gasteiger partial charge in [-0.3, -0.25) is 0 Å². The molecule has 0 aromatic carbocycles. The molecule has 0 aromatic rings. The molecule has 1 saturated carbocycles. The van der Waals surface area contributed by atoms with E-state index in [1.54, 1.807) is 18.0 Å². The molecule has 2 rings (SSSR count). The number of aliphatic hydroxyl groups excluding tert-OH is 1. The van der Waals surface area contributed by atoms with Crippen molar-refractivity contribution in [2.45, 2.75) is 79.1 Å². The molecular weight excluding hydrogens is 338 g/mol. The van der Waals surface area contributed by atoms with Crippen LogP contribution in [-0.2, 0) is 0 Å². The lowest BCUT2D eigenvalue weighted by molar-refractivity contribution is 0.399. The van der Waals surface area contributed by atoms with Gasteiger partial charge in [0.25, 0.3) is 0 Å². The lowest BCUT2D eigenvalue weighted by Gasteiger charge is -2.12. The van der Waals surface area contributed by atoms with Gasteiger partial charge >= 0.3 is 0 Å². The van der Waals surface area contributed by atoms with Crippen LogP contribution >= 0.6 is 11.8 Å². The van der Waals surface area contributed by atoms with Crippen LogP contribution in [0.2, 0.25) is 0 Å². The van der Waals surface area contributed by atoms with Gasteiger partial charge in [-0.2, -0.15) is 0 Å². The van der Waals surface area contributed by atoms with E-state index in [0.29, 0.717) is 0 Å². The van der Waals surface area contributed by atoms with E-state index in [1.807, 2.05) is 6.08 Å². The van der Waals surface area contributed by atoms with Gasteiger partial charge < -0.3 is 5.11 Å². The van der Waals surface area contributed by atoms with E-state index >= 15 is 0 Å². The monoisotopic (exact) mass is 377 g/mol. The summed E-state index contributed by atoms with van der Waals surface area (Å²) in [6.07, 6.45) is 14.5. The van der Waals surface area contributed by atoms with Crippen molar-refractivity contribution in [1.29, 1.82) is 0 Å². The summed E-state index contributed by atoms with van der Waals surface area (Å²) >= 11 is 1.72. The van der Waals surface area contributed by atoms with Gasteiger partial charge in [-0.1, -0.05) is 88.9 Å². The summed E-state index contributed by atoms with van der Waals surface area (Å²) in [5.41, 5.74) is 4.14. The summed E-state index contributed by atoms with van der Waals surface area (Å²) in [7, 11) is 1.00. The van der Waals surface area contributed by atoms with Crippen molar-refractivity contribution in [2.75, 3.05) is 7.11 Å². The Labute approximate surface area is 166 Å². The lowest BCUT2D eigenvalue weighted by atomic mass is 9.94. The molecule has 1 fully saturated rings. The predicted octanol–water partition coefficient (Wildman–Crippen LogP) is 7.44. The summed E-state index contributed by atoms with van der Waals surface area (Å²) in [6.45, 7) is 16.5. The quantitative estimate of drug-likeness (QED) is 0.521. The van der Waals surface area contributed by atoms with E-state index in [2.05, 4.69) is 45.8 Å². The molecule has 1 N–H and O–H groups in total. The second-order valence-corrected chi connectivity index (χ2v) is 7.79. The van der Waals surface area contributed by atoms with Gasteiger partial charge in [-0.25, -0.2) is 4.99 Å². The molecule has 1 aliphatic carbocycles. The maximum absolute atomic E-state index is 7.00. The van der Waals surface area contributed by atoms with E-state index < -0.39 is 0 Å². The number of hydrogen-bond donors (Lipinski definition) is 1. The number of thioether (sulfide) groups is 1. The molecule has 148 valence electrons. The average Bonchev–Trinajstić information content (AvgIpc) is 3.30. The average molecular weight is 378 g/mol. The van der Waals surface area contributed by atoms with Crippen molar-refractivity contribution in [3.8, 4) is 0 Å². The Kier molecular flexibility index (Phi) is 14.4. The van der Waals surface area contributed by atoms with Crippen LogP contribution in [0.5, 0.6) is 0 Å². The number of unbranched alkanes of at least 4 members (excludes halogenated alkanes) is 1.